The monoisotopic (exact) mass is 430 g/mol. The fourth-order valence-electron chi connectivity index (χ4n) is 3.62. The van der Waals surface area contributed by atoms with Gasteiger partial charge in [-0.05, 0) is 38.8 Å². The standard InChI is InChI=1S/C22H30N4O3S/c1-16-20(22(29)26(24(16)3)18-11-7-6-8-12-18)23-21(28)17(2)30-15-19(27)25-13-9-4-5-10-14-25/h6-8,11-12,17H,4-5,9-10,13-15H2,1-3H3,(H,23,28). The Hall–Kier alpha value is -2.48. The van der Waals surface area contributed by atoms with Gasteiger partial charge < -0.3 is 10.2 Å². The Labute approximate surface area is 181 Å². The van der Waals surface area contributed by atoms with Crippen LogP contribution in [0.5, 0.6) is 0 Å². The number of anilines is 1. The summed E-state index contributed by atoms with van der Waals surface area (Å²) in [5, 5.41) is 2.34. The molecule has 162 valence electrons. The Morgan fingerprint density at radius 3 is 2.37 bits per heavy atom. The zero-order chi connectivity index (χ0) is 21.7. The number of amides is 2. The van der Waals surface area contributed by atoms with E-state index in [9.17, 15) is 14.4 Å². The third-order valence-corrected chi connectivity index (χ3v) is 6.71. The number of nitrogens with one attached hydrogen (secondary N) is 1. The first kappa shape index (κ1) is 22.2. The number of hydrogen-bond donors (Lipinski definition) is 1. The molecule has 2 amide bonds. The van der Waals surface area contributed by atoms with Gasteiger partial charge in [0.25, 0.3) is 5.56 Å². The summed E-state index contributed by atoms with van der Waals surface area (Å²) in [7, 11) is 1.79. The molecule has 0 spiro atoms. The molecule has 1 unspecified atom stereocenters. The van der Waals surface area contributed by atoms with Crippen molar-refractivity contribution in [2.24, 2.45) is 7.05 Å². The highest BCUT2D eigenvalue weighted by atomic mass is 32.2. The zero-order valence-corrected chi connectivity index (χ0v) is 18.7. The molecule has 1 saturated heterocycles. The van der Waals surface area contributed by atoms with E-state index in [1.807, 2.05) is 35.2 Å². The van der Waals surface area contributed by atoms with E-state index in [1.54, 1.807) is 25.6 Å². The molecule has 1 aliphatic rings. The van der Waals surface area contributed by atoms with Crippen LogP contribution in [-0.4, -0.2) is 50.2 Å². The number of para-hydroxylation sites is 1. The lowest BCUT2D eigenvalue weighted by Gasteiger charge is -2.20. The lowest BCUT2D eigenvalue weighted by atomic mass is 10.2. The van der Waals surface area contributed by atoms with Gasteiger partial charge in [-0.1, -0.05) is 31.0 Å². The van der Waals surface area contributed by atoms with Crippen LogP contribution in [-0.2, 0) is 16.6 Å². The second-order valence-corrected chi connectivity index (χ2v) is 9.00. The first-order valence-corrected chi connectivity index (χ1v) is 11.5. The fraction of sp³-hybridized carbons (Fsp3) is 0.500. The summed E-state index contributed by atoms with van der Waals surface area (Å²) in [4.78, 5) is 40.0. The van der Waals surface area contributed by atoms with Gasteiger partial charge in [-0.2, -0.15) is 0 Å². The summed E-state index contributed by atoms with van der Waals surface area (Å²) >= 11 is 1.31. The minimum Gasteiger partial charge on any atom is -0.342 e. The molecule has 0 radical (unpaired) electrons. The van der Waals surface area contributed by atoms with Crippen molar-refractivity contribution in [2.45, 2.75) is 44.8 Å². The van der Waals surface area contributed by atoms with Gasteiger partial charge in [-0.15, -0.1) is 11.8 Å². The van der Waals surface area contributed by atoms with Gasteiger partial charge in [0.2, 0.25) is 11.8 Å². The number of thioether (sulfide) groups is 1. The van der Waals surface area contributed by atoms with Crippen molar-refractivity contribution >= 4 is 29.3 Å². The Morgan fingerprint density at radius 2 is 1.73 bits per heavy atom. The molecule has 3 rings (SSSR count). The highest BCUT2D eigenvalue weighted by Gasteiger charge is 2.23. The zero-order valence-electron chi connectivity index (χ0n) is 17.9. The number of likely N-dealkylation sites (tertiary alicyclic amines) is 1. The summed E-state index contributed by atoms with van der Waals surface area (Å²) in [6.45, 7) is 5.19. The van der Waals surface area contributed by atoms with Crippen molar-refractivity contribution in [3.05, 3.63) is 46.4 Å². The largest absolute Gasteiger partial charge is 0.342 e. The van der Waals surface area contributed by atoms with Crippen LogP contribution >= 0.6 is 11.8 Å². The van der Waals surface area contributed by atoms with Crippen LogP contribution in [0, 0.1) is 6.92 Å². The maximum Gasteiger partial charge on any atom is 0.295 e. The summed E-state index contributed by atoms with van der Waals surface area (Å²) in [5.41, 5.74) is 1.42. The second-order valence-electron chi connectivity index (χ2n) is 7.67. The van der Waals surface area contributed by atoms with E-state index in [0.29, 0.717) is 5.69 Å². The van der Waals surface area contributed by atoms with Gasteiger partial charge in [-0.25, -0.2) is 4.68 Å². The van der Waals surface area contributed by atoms with Gasteiger partial charge in [0.05, 0.1) is 22.4 Å². The number of carbonyl (C=O) groups is 2. The van der Waals surface area contributed by atoms with Crippen molar-refractivity contribution in [1.29, 1.82) is 0 Å². The maximum absolute atomic E-state index is 12.9. The minimum atomic E-state index is -0.440. The molecule has 1 N–H and O–H groups in total. The highest BCUT2D eigenvalue weighted by Crippen LogP contribution is 2.18. The van der Waals surface area contributed by atoms with E-state index in [-0.39, 0.29) is 28.8 Å². The van der Waals surface area contributed by atoms with Crippen LogP contribution in [0.3, 0.4) is 0 Å². The molecule has 2 heterocycles. The number of benzene rings is 1. The predicted molar refractivity (Wildman–Crippen MR) is 121 cm³/mol. The number of hydrogen-bond acceptors (Lipinski definition) is 4. The van der Waals surface area contributed by atoms with Crippen molar-refractivity contribution in [3.8, 4) is 5.69 Å². The van der Waals surface area contributed by atoms with Gasteiger partial charge in [0.15, 0.2) is 0 Å². The van der Waals surface area contributed by atoms with Gasteiger partial charge in [0, 0.05) is 20.1 Å². The summed E-state index contributed by atoms with van der Waals surface area (Å²) in [6, 6.07) is 9.31. The van der Waals surface area contributed by atoms with E-state index in [1.165, 1.54) is 29.3 Å². The third kappa shape index (κ3) is 4.98. The van der Waals surface area contributed by atoms with Crippen LogP contribution in [0.25, 0.3) is 5.69 Å². The van der Waals surface area contributed by atoms with E-state index in [2.05, 4.69) is 5.32 Å². The molecule has 1 aromatic carbocycles. The number of aromatic nitrogens is 2. The van der Waals surface area contributed by atoms with Crippen LogP contribution < -0.4 is 10.9 Å². The predicted octanol–water partition coefficient (Wildman–Crippen LogP) is 2.95. The normalized spacial score (nSPS) is 15.5. The molecule has 0 saturated carbocycles. The van der Waals surface area contributed by atoms with Crippen molar-refractivity contribution in [2.75, 3.05) is 24.2 Å². The quantitative estimate of drug-likeness (QED) is 0.765. The minimum absolute atomic E-state index is 0.0869. The first-order valence-electron chi connectivity index (χ1n) is 10.4. The molecule has 1 aromatic heterocycles. The molecule has 30 heavy (non-hydrogen) atoms. The Morgan fingerprint density at radius 1 is 1.10 bits per heavy atom. The van der Waals surface area contributed by atoms with Crippen LogP contribution in [0.4, 0.5) is 5.69 Å². The summed E-state index contributed by atoms with van der Waals surface area (Å²) in [6.07, 6.45) is 4.44. The van der Waals surface area contributed by atoms with Crippen molar-refractivity contribution in [3.63, 3.8) is 0 Å². The number of rotatable bonds is 6. The van der Waals surface area contributed by atoms with Crippen LogP contribution in [0.2, 0.25) is 0 Å². The maximum atomic E-state index is 12.9. The molecule has 1 fully saturated rings. The molecule has 0 aliphatic carbocycles. The topological polar surface area (TPSA) is 76.3 Å². The van der Waals surface area contributed by atoms with Gasteiger partial charge >= 0.3 is 0 Å². The summed E-state index contributed by atoms with van der Waals surface area (Å²) in [5.74, 6) is 0.0925. The van der Waals surface area contributed by atoms with Crippen LogP contribution in [0.15, 0.2) is 35.1 Å². The Balaban J connectivity index is 1.64. The number of nitrogens with zero attached hydrogens (tertiary/aromatic N) is 3. The average molecular weight is 431 g/mol. The van der Waals surface area contributed by atoms with Crippen molar-refractivity contribution < 1.29 is 9.59 Å². The second kappa shape index (κ2) is 10.0. The first-order chi connectivity index (χ1) is 14.4. The fourth-order valence-corrected chi connectivity index (χ4v) is 4.41. The highest BCUT2D eigenvalue weighted by molar-refractivity contribution is 8.01. The van der Waals surface area contributed by atoms with E-state index in [4.69, 9.17) is 0 Å². The van der Waals surface area contributed by atoms with Crippen LogP contribution in [0.1, 0.15) is 38.3 Å². The molecule has 8 heteroatoms. The average Bonchev–Trinajstić information content (AvgIpc) is 2.96. The Kier molecular flexibility index (Phi) is 7.42. The smallest absolute Gasteiger partial charge is 0.295 e. The molecule has 7 nitrogen and oxygen atoms in total. The van der Waals surface area contributed by atoms with Crippen molar-refractivity contribution in [1.82, 2.24) is 14.3 Å². The molecule has 1 aliphatic heterocycles. The molecule has 2 aromatic rings. The summed E-state index contributed by atoms with van der Waals surface area (Å²) < 4.78 is 3.26. The van der Waals surface area contributed by atoms with Gasteiger partial charge in [0.1, 0.15) is 5.69 Å². The van der Waals surface area contributed by atoms with E-state index in [0.717, 1.165) is 31.6 Å². The third-order valence-electron chi connectivity index (χ3n) is 5.59. The van der Waals surface area contributed by atoms with E-state index < -0.39 is 5.25 Å². The molecular formula is C22H30N4O3S. The SMILES string of the molecule is Cc1c(NC(=O)C(C)SCC(=O)N2CCCCCC2)c(=O)n(-c2ccccc2)n1C. The van der Waals surface area contributed by atoms with Gasteiger partial charge in [-0.3, -0.25) is 19.1 Å². The lowest BCUT2D eigenvalue weighted by Crippen LogP contribution is -2.34. The lowest BCUT2D eigenvalue weighted by molar-refractivity contribution is -0.128. The molecule has 1 atom stereocenters. The molecular weight excluding hydrogens is 400 g/mol. The van der Waals surface area contributed by atoms with E-state index >= 15 is 0 Å². The molecule has 0 bridgehead atoms. The number of carbonyl (C=O) groups excluding carboxylic acids is 2. The Bertz CT molecular complexity index is 943.